The molecule has 4 rings (SSSR count). The van der Waals surface area contributed by atoms with Crippen molar-refractivity contribution in [2.75, 3.05) is 6.54 Å². The number of nitrogens with zero attached hydrogens (tertiary/aromatic N) is 1. The van der Waals surface area contributed by atoms with E-state index in [9.17, 15) is 14.4 Å². The maximum Gasteiger partial charge on any atom is 0.254 e. The zero-order valence-electron chi connectivity index (χ0n) is 19.3. The molecule has 1 aliphatic carbocycles. The third-order valence-electron chi connectivity index (χ3n) is 6.87. The Morgan fingerprint density at radius 3 is 2.09 bits per heavy atom. The Labute approximate surface area is 195 Å². The molecule has 2 aromatic carbocycles. The molecule has 1 heterocycles. The fraction of sp³-hybridized carbons (Fsp3) is 0.444. The van der Waals surface area contributed by atoms with Crippen LogP contribution in [0.1, 0.15) is 71.7 Å². The van der Waals surface area contributed by atoms with E-state index in [1.165, 1.54) is 5.56 Å². The second-order valence-corrected chi connectivity index (χ2v) is 9.10. The van der Waals surface area contributed by atoms with Gasteiger partial charge in [-0.1, -0.05) is 37.3 Å². The molecule has 1 saturated heterocycles. The molecule has 0 spiro atoms. The highest BCUT2D eigenvalue weighted by molar-refractivity contribution is 5.98. The Morgan fingerprint density at radius 1 is 0.818 bits per heavy atom. The molecule has 1 aliphatic heterocycles. The Balaban J connectivity index is 1.27. The highest BCUT2D eigenvalue weighted by atomic mass is 16.2. The monoisotopic (exact) mass is 447 g/mol. The molecule has 0 bridgehead atoms. The van der Waals surface area contributed by atoms with Gasteiger partial charge in [-0.25, -0.2) is 0 Å². The second kappa shape index (κ2) is 10.6. The summed E-state index contributed by atoms with van der Waals surface area (Å²) < 4.78 is 0. The molecular formula is C27H33N3O3. The maximum atomic E-state index is 13.0. The van der Waals surface area contributed by atoms with Gasteiger partial charge in [0.25, 0.3) is 11.8 Å². The molecule has 2 aromatic rings. The van der Waals surface area contributed by atoms with E-state index < -0.39 is 6.04 Å². The number of hydrogen-bond donors (Lipinski definition) is 2. The third-order valence-corrected chi connectivity index (χ3v) is 6.87. The molecule has 0 unspecified atom stereocenters. The van der Waals surface area contributed by atoms with E-state index in [1.807, 2.05) is 54.6 Å². The fourth-order valence-electron chi connectivity index (χ4n) is 4.87. The van der Waals surface area contributed by atoms with Crippen molar-refractivity contribution in [1.82, 2.24) is 15.5 Å². The topological polar surface area (TPSA) is 78.5 Å². The van der Waals surface area contributed by atoms with E-state index in [0.717, 1.165) is 38.5 Å². The zero-order chi connectivity index (χ0) is 23.2. The predicted octanol–water partition coefficient (Wildman–Crippen LogP) is 3.71. The Bertz CT molecular complexity index is 966. The van der Waals surface area contributed by atoms with E-state index in [0.29, 0.717) is 24.1 Å². The molecule has 6 nitrogen and oxygen atoms in total. The van der Waals surface area contributed by atoms with Gasteiger partial charge in [-0.2, -0.15) is 0 Å². The van der Waals surface area contributed by atoms with Crippen LogP contribution in [0.3, 0.4) is 0 Å². The number of likely N-dealkylation sites (tertiary alicyclic amines) is 1. The van der Waals surface area contributed by atoms with E-state index in [1.54, 1.807) is 4.90 Å². The van der Waals surface area contributed by atoms with Crippen LogP contribution in [0.5, 0.6) is 0 Å². The van der Waals surface area contributed by atoms with Crippen LogP contribution in [-0.4, -0.2) is 47.3 Å². The third kappa shape index (κ3) is 5.62. The van der Waals surface area contributed by atoms with Crippen molar-refractivity contribution in [3.05, 3.63) is 71.3 Å². The molecule has 3 amide bonds. The van der Waals surface area contributed by atoms with E-state index in [-0.39, 0.29) is 29.8 Å². The summed E-state index contributed by atoms with van der Waals surface area (Å²) in [7, 11) is 0. The van der Waals surface area contributed by atoms with Gasteiger partial charge in [0.05, 0.1) is 0 Å². The van der Waals surface area contributed by atoms with Gasteiger partial charge in [0.1, 0.15) is 6.04 Å². The number of carbonyl (C=O) groups excluding carboxylic acids is 3. The van der Waals surface area contributed by atoms with Gasteiger partial charge in [-0.15, -0.1) is 0 Å². The minimum atomic E-state index is -0.404. The number of nitrogens with one attached hydrogen (secondary N) is 2. The summed E-state index contributed by atoms with van der Waals surface area (Å²) in [6.45, 7) is 2.70. The highest BCUT2D eigenvalue weighted by Gasteiger charge is 2.36. The summed E-state index contributed by atoms with van der Waals surface area (Å²) in [6, 6.07) is 16.7. The van der Waals surface area contributed by atoms with Crippen molar-refractivity contribution in [3.8, 4) is 0 Å². The van der Waals surface area contributed by atoms with Gasteiger partial charge in [0.15, 0.2) is 0 Å². The number of aryl methyl sites for hydroxylation is 1. The van der Waals surface area contributed by atoms with Crippen molar-refractivity contribution >= 4 is 17.7 Å². The van der Waals surface area contributed by atoms with Crippen molar-refractivity contribution in [2.45, 2.75) is 70.0 Å². The minimum absolute atomic E-state index is 0.0461. The molecule has 33 heavy (non-hydrogen) atoms. The summed E-state index contributed by atoms with van der Waals surface area (Å²) in [5, 5.41) is 6.28. The van der Waals surface area contributed by atoms with Crippen molar-refractivity contribution in [2.24, 2.45) is 0 Å². The lowest BCUT2D eigenvalue weighted by Crippen LogP contribution is -2.50. The SMILES string of the molecule is CCc1ccc(C(=O)N2CCC[C@H]2C(=O)NC2CCC(NC(=O)c3ccccc3)CC2)cc1. The number of amides is 3. The molecule has 1 saturated carbocycles. The molecule has 2 N–H and O–H groups in total. The summed E-state index contributed by atoms with van der Waals surface area (Å²) in [6.07, 6.45) is 5.79. The minimum Gasteiger partial charge on any atom is -0.352 e. The first kappa shape index (κ1) is 23.0. The van der Waals surface area contributed by atoms with Crippen LogP contribution in [0.25, 0.3) is 0 Å². The fourth-order valence-corrected chi connectivity index (χ4v) is 4.87. The number of hydrogen-bond acceptors (Lipinski definition) is 3. The van der Waals surface area contributed by atoms with Crippen LogP contribution < -0.4 is 10.6 Å². The van der Waals surface area contributed by atoms with Crippen LogP contribution in [0.15, 0.2) is 54.6 Å². The number of rotatable bonds is 6. The van der Waals surface area contributed by atoms with Crippen LogP contribution in [0, 0.1) is 0 Å². The Kier molecular flexibility index (Phi) is 7.43. The summed E-state index contributed by atoms with van der Waals surface area (Å²) in [5.41, 5.74) is 2.50. The molecule has 174 valence electrons. The molecular weight excluding hydrogens is 414 g/mol. The Morgan fingerprint density at radius 2 is 1.45 bits per heavy atom. The van der Waals surface area contributed by atoms with Crippen molar-refractivity contribution in [3.63, 3.8) is 0 Å². The first-order valence-corrected chi connectivity index (χ1v) is 12.1. The normalized spacial score (nSPS) is 22.6. The van der Waals surface area contributed by atoms with Crippen LogP contribution in [0.2, 0.25) is 0 Å². The molecule has 6 heteroatoms. The summed E-state index contributed by atoms with van der Waals surface area (Å²) in [5.74, 6) is -0.166. The van der Waals surface area contributed by atoms with Crippen LogP contribution >= 0.6 is 0 Å². The van der Waals surface area contributed by atoms with E-state index >= 15 is 0 Å². The first-order chi connectivity index (χ1) is 16.0. The summed E-state index contributed by atoms with van der Waals surface area (Å²) >= 11 is 0. The average Bonchev–Trinajstić information content (AvgIpc) is 3.35. The predicted molar refractivity (Wildman–Crippen MR) is 128 cm³/mol. The summed E-state index contributed by atoms with van der Waals surface area (Å²) in [4.78, 5) is 40.2. The van der Waals surface area contributed by atoms with Crippen LogP contribution in [0.4, 0.5) is 0 Å². The van der Waals surface area contributed by atoms with E-state index in [2.05, 4.69) is 17.6 Å². The Hall–Kier alpha value is -3.15. The largest absolute Gasteiger partial charge is 0.352 e. The average molecular weight is 448 g/mol. The van der Waals surface area contributed by atoms with Gasteiger partial charge >= 0.3 is 0 Å². The number of benzene rings is 2. The lowest BCUT2D eigenvalue weighted by Gasteiger charge is -2.31. The number of carbonyl (C=O) groups is 3. The molecule has 0 radical (unpaired) electrons. The second-order valence-electron chi connectivity index (χ2n) is 9.10. The standard InChI is InChI=1S/C27H33N3O3/c1-2-19-10-12-21(13-11-19)27(33)30-18-6-9-24(30)26(32)29-23-16-14-22(15-17-23)28-25(31)20-7-4-3-5-8-20/h3-5,7-8,10-13,22-24H,2,6,9,14-18H2,1H3,(H,28,31)(H,29,32)/t22?,23?,24-/m0/s1. The van der Waals surface area contributed by atoms with Gasteiger partial charge in [-0.3, -0.25) is 14.4 Å². The van der Waals surface area contributed by atoms with Gasteiger partial charge < -0.3 is 15.5 Å². The molecule has 2 aliphatic rings. The van der Waals surface area contributed by atoms with Crippen LogP contribution in [-0.2, 0) is 11.2 Å². The molecule has 1 atom stereocenters. The quantitative estimate of drug-likeness (QED) is 0.709. The molecule has 0 aromatic heterocycles. The first-order valence-electron chi connectivity index (χ1n) is 12.1. The lowest BCUT2D eigenvalue weighted by atomic mass is 9.90. The van der Waals surface area contributed by atoms with Crippen molar-refractivity contribution < 1.29 is 14.4 Å². The zero-order valence-corrected chi connectivity index (χ0v) is 19.3. The molecule has 2 fully saturated rings. The maximum absolute atomic E-state index is 13.0. The lowest BCUT2D eigenvalue weighted by molar-refractivity contribution is -0.125. The smallest absolute Gasteiger partial charge is 0.254 e. The van der Waals surface area contributed by atoms with Crippen molar-refractivity contribution in [1.29, 1.82) is 0 Å². The van der Waals surface area contributed by atoms with E-state index in [4.69, 9.17) is 0 Å². The highest BCUT2D eigenvalue weighted by Crippen LogP contribution is 2.23. The van der Waals surface area contributed by atoms with Gasteiger partial charge in [0, 0.05) is 29.8 Å². The van der Waals surface area contributed by atoms with Gasteiger partial charge in [-0.05, 0) is 74.8 Å². The van der Waals surface area contributed by atoms with Gasteiger partial charge in [0.2, 0.25) is 5.91 Å².